The molecule has 1 amide bonds. The van der Waals surface area contributed by atoms with Gasteiger partial charge in [0.2, 0.25) is 0 Å². The van der Waals surface area contributed by atoms with Gasteiger partial charge in [-0.1, -0.05) is 40.6 Å². The van der Waals surface area contributed by atoms with Gasteiger partial charge in [-0.15, -0.1) is 0 Å². The predicted octanol–water partition coefficient (Wildman–Crippen LogP) is 4.24. The lowest BCUT2D eigenvalue weighted by Crippen LogP contribution is -2.48. The van der Waals surface area contributed by atoms with E-state index in [1.807, 2.05) is 6.07 Å². The number of fused-ring (bicyclic) bond motifs is 1. The Morgan fingerprint density at radius 1 is 1.15 bits per heavy atom. The van der Waals surface area contributed by atoms with Crippen molar-refractivity contribution in [2.45, 2.75) is 6.92 Å². The van der Waals surface area contributed by atoms with E-state index in [1.165, 1.54) is 10.3 Å². The second-order valence-corrected chi connectivity index (χ2v) is 9.62. The lowest BCUT2D eigenvalue weighted by atomic mass is 10.2. The average Bonchev–Trinajstić information content (AvgIpc) is 3.26. The highest BCUT2D eigenvalue weighted by Gasteiger charge is 2.21. The molecule has 0 unspecified atom stereocenters. The maximum absolute atomic E-state index is 12.1. The molecule has 0 atom stereocenters. The first kappa shape index (κ1) is 23.9. The van der Waals surface area contributed by atoms with Crippen molar-refractivity contribution in [3.8, 4) is 11.5 Å². The first-order chi connectivity index (χ1) is 15.9. The summed E-state index contributed by atoms with van der Waals surface area (Å²) in [4.78, 5) is 21.6. The van der Waals surface area contributed by atoms with E-state index in [-0.39, 0.29) is 12.5 Å². The number of carbonyl (C=O) groups is 1. The number of methoxy groups -OCH3 is 1. The number of carbonyl (C=O) groups excluding carboxylic acids is 1. The molecule has 2 heterocycles. The van der Waals surface area contributed by atoms with Crippen LogP contribution in [-0.2, 0) is 4.79 Å². The minimum atomic E-state index is -0.182. The van der Waals surface area contributed by atoms with Gasteiger partial charge >= 0.3 is 0 Å². The second kappa shape index (κ2) is 10.8. The highest BCUT2D eigenvalue weighted by atomic mass is 35.5. The molecule has 1 aromatic heterocycles. The summed E-state index contributed by atoms with van der Waals surface area (Å²) < 4.78 is 12.1. The first-order valence-corrected chi connectivity index (χ1v) is 12.3. The molecule has 0 radical (unpaired) electrons. The summed E-state index contributed by atoms with van der Waals surface area (Å²) in [6.45, 7) is 6.99. The van der Waals surface area contributed by atoms with Crippen molar-refractivity contribution in [3.05, 3.63) is 45.9 Å². The minimum Gasteiger partial charge on any atom is -0.494 e. The summed E-state index contributed by atoms with van der Waals surface area (Å²) in [5, 5.41) is 4.84. The third kappa shape index (κ3) is 5.81. The Morgan fingerprint density at radius 3 is 2.64 bits per heavy atom. The van der Waals surface area contributed by atoms with Crippen molar-refractivity contribution in [2.75, 3.05) is 57.9 Å². The van der Waals surface area contributed by atoms with Crippen LogP contribution in [0, 0.1) is 6.92 Å². The Bertz CT molecular complexity index is 1130. The van der Waals surface area contributed by atoms with E-state index in [2.05, 4.69) is 28.1 Å². The van der Waals surface area contributed by atoms with Gasteiger partial charge in [-0.2, -0.15) is 0 Å². The Labute approximate surface area is 207 Å². The summed E-state index contributed by atoms with van der Waals surface area (Å²) in [7, 11) is 1.68. The second-order valence-electron chi connectivity index (χ2n) is 7.80. The number of benzene rings is 2. The maximum atomic E-state index is 12.1. The molecule has 1 saturated heterocycles. The van der Waals surface area contributed by atoms with E-state index in [0.717, 1.165) is 49.1 Å². The number of aromatic nitrogens is 1. The van der Waals surface area contributed by atoms with Crippen LogP contribution in [0.5, 0.6) is 11.5 Å². The number of nitrogens with zero attached hydrogens (tertiary/aromatic N) is 3. The zero-order valence-electron chi connectivity index (χ0n) is 18.6. The van der Waals surface area contributed by atoms with Crippen LogP contribution < -0.4 is 19.7 Å². The number of halogens is 2. The van der Waals surface area contributed by atoms with Crippen LogP contribution in [0.25, 0.3) is 10.2 Å². The molecule has 0 saturated carbocycles. The molecule has 7 nitrogen and oxygen atoms in total. The molecule has 0 spiro atoms. The predicted molar refractivity (Wildman–Crippen MR) is 135 cm³/mol. The highest BCUT2D eigenvalue weighted by Crippen LogP contribution is 2.36. The third-order valence-electron chi connectivity index (χ3n) is 5.56. The molecule has 1 aliphatic heterocycles. The van der Waals surface area contributed by atoms with Gasteiger partial charge in [0.1, 0.15) is 17.0 Å². The quantitative estimate of drug-likeness (QED) is 0.490. The summed E-state index contributed by atoms with van der Waals surface area (Å²) in [5.74, 6) is 1.07. The molecular weight excluding hydrogens is 483 g/mol. The average molecular weight is 509 g/mol. The molecule has 2 aromatic carbocycles. The van der Waals surface area contributed by atoms with Crippen molar-refractivity contribution >= 4 is 55.8 Å². The minimum absolute atomic E-state index is 0.0877. The number of aryl methyl sites for hydroxylation is 1. The smallest absolute Gasteiger partial charge is 0.257 e. The number of ether oxygens (including phenoxy) is 2. The molecule has 10 heteroatoms. The molecule has 176 valence electrons. The molecule has 0 aliphatic carbocycles. The molecule has 1 N–H and O–H groups in total. The van der Waals surface area contributed by atoms with Crippen molar-refractivity contribution in [2.24, 2.45) is 0 Å². The fourth-order valence-corrected chi connectivity index (χ4v) is 5.27. The Balaban J connectivity index is 1.21. The summed E-state index contributed by atoms with van der Waals surface area (Å²) in [6.07, 6.45) is 0. The van der Waals surface area contributed by atoms with E-state index in [4.69, 9.17) is 37.7 Å². The molecule has 3 aromatic rings. The highest BCUT2D eigenvalue weighted by molar-refractivity contribution is 7.22. The monoisotopic (exact) mass is 508 g/mol. The lowest BCUT2D eigenvalue weighted by Gasteiger charge is -2.34. The summed E-state index contributed by atoms with van der Waals surface area (Å²) in [5.41, 5.74) is 2.15. The van der Waals surface area contributed by atoms with E-state index in [1.54, 1.807) is 36.6 Å². The number of amides is 1. The van der Waals surface area contributed by atoms with Crippen molar-refractivity contribution < 1.29 is 14.3 Å². The van der Waals surface area contributed by atoms with Gasteiger partial charge in [-0.05, 0) is 36.8 Å². The molecule has 33 heavy (non-hydrogen) atoms. The SMILES string of the molecule is COc1ccc(C)c2sc(N3CCN(CCNC(=O)COc4ccc(Cl)cc4Cl)CC3)nc12. The standard InChI is InChI=1S/C23H26Cl2N4O3S/c1-15-3-5-19(31-2)21-22(15)33-23(27-21)29-11-9-28(10-12-29)8-7-26-20(30)14-32-18-6-4-16(24)13-17(18)25/h3-6,13H,7-12,14H2,1-2H3,(H,26,30). The summed E-state index contributed by atoms with van der Waals surface area (Å²) in [6, 6.07) is 8.96. The maximum Gasteiger partial charge on any atom is 0.257 e. The molecule has 1 aliphatic rings. The number of hydrogen-bond donors (Lipinski definition) is 1. The van der Waals surface area contributed by atoms with E-state index >= 15 is 0 Å². The van der Waals surface area contributed by atoms with E-state index in [9.17, 15) is 4.79 Å². The number of rotatable bonds is 8. The van der Waals surface area contributed by atoms with Crippen LogP contribution in [0.3, 0.4) is 0 Å². The van der Waals surface area contributed by atoms with Crippen molar-refractivity contribution in [3.63, 3.8) is 0 Å². The van der Waals surface area contributed by atoms with Gasteiger partial charge in [0.15, 0.2) is 11.7 Å². The number of piperazine rings is 1. The van der Waals surface area contributed by atoms with Crippen LogP contribution in [-0.4, -0.2) is 68.8 Å². The fraction of sp³-hybridized carbons (Fsp3) is 0.391. The molecule has 1 fully saturated rings. The molecule has 0 bridgehead atoms. The summed E-state index contributed by atoms with van der Waals surface area (Å²) >= 11 is 13.6. The first-order valence-electron chi connectivity index (χ1n) is 10.7. The van der Waals surface area contributed by atoms with Crippen molar-refractivity contribution in [1.82, 2.24) is 15.2 Å². The number of anilines is 1. The van der Waals surface area contributed by atoms with Gasteiger partial charge in [0.25, 0.3) is 5.91 Å². The van der Waals surface area contributed by atoms with Gasteiger partial charge in [-0.3, -0.25) is 9.69 Å². The van der Waals surface area contributed by atoms with E-state index < -0.39 is 0 Å². The Hall–Kier alpha value is -2.26. The van der Waals surface area contributed by atoms with Gasteiger partial charge in [0, 0.05) is 44.3 Å². The third-order valence-corrected chi connectivity index (χ3v) is 7.34. The molecule has 4 rings (SSSR count). The van der Waals surface area contributed by atoms with Crippen LogP contribution >= 0.6 is 34.5 Å². The normalized spacial score (nSPS) is 14.5. The largest absolute Gasteiger partial charge is 0.494 e. The zero-order chi connectivity index (χ0) is 23.4. The van der Waals surface area contributed by atoms with E-state index in [0.29, 0.717) is 22.3 Å². The number of nitrogens with one attached hydrogen (secondary N) is 1. The van der Waals surface area contributed by atoms with Crippen molar-refractivity contribution in [1.29, 1.82) is 0 Å². The van der Waals surface area contributed by atoms with Gasteiger partial charge in [0.05, 0.1) is 16.8 Å². The Kier molecular flexibility index (Phi) is 7.80. The van der Waals surface area contributed by atoms with Crippen LogP contribution in [0.1, 0.15) is 5.56 Å². The van der Waals surface area contributed by atoms with Crippen LogP contribution in [0.15, 0.2) is 30.3 Å². The Morgan fingerprint density at radius 2 is 1.91 bits per heavy atom. The number of hydrogen-bond acceptors (Lipinski definition) is 7. The van der Waals surface area contributed by atoms with Crippen LogP contribution in [0.4, 0.5) is 5.13 Å². The fourth-order valence-electron chi connectivity index (χ4n) is 3.70. The van der Waals surface area contributed by atoms with Gasteiger partial charge in [-0.25, -0.2) is 4.98 Å². The topological polar surface area (TPSA) is 66.9 Å². The zero-order valence-corrected chi connectivity index (χ0v) is 20.9. The van der Waals surface area contributed by atoms with Gasteiger partial charge < -0.3 is 19.7 Å². The number of thiazole rings is 1. The lowest BCUT2D eigenvalue weighted by molar-refractivity contribution is -0.123. The van der Waals surface area contributed by atoms with Crippen LogP contribution in [0.2, 0.25) is 10.0 Å². The molecular formula is C23H26Cl2N4O3S.